The van der Waals surface area contributed by atoms with Crippen molar-refractivity contribution in [2.24, 2.45) is 0 Å². The maximum Gasteiger partial charge on any atom is 0.226 e. The minimum absolute atomic E-state index is 0.371. The van der Waals surface area contributed by atoms with Crippen molar-refractivity contribution in [1.82, 2.24) is 20.2 Å². The van der Waals surface area contributed by atoms with Crippen LogP contribution in [0.3, 0.4) is 0 Å². The first-order valence-electron chi connectivity index (χ1n) is 7.53. The van der Waals surface area contributed by atoms with E-state index in [1.807, 2.05) is 11.8 Å². The van der Waals surface area contributed by atoms with Crippen molar-refractivity contribution in [1.29, 1.82) is 0 Å². The zero-order valence-corrected chi connectivity index (χ0v) is 13.8. The smallest absolute Gasteiger partial charge is 0.226 e. The molecule has 0 spiro atoms. The quantitative estimate of drug-likeness (QED) is 0.618. The molecule has 0 saturated carbocycles. The lowest BCUT2D eigenvalue weighted by Crippen LogP contribution is -2.18. The van der Waals surface area contributed by atoms with Gasteiger partial charge in [-0.2, -0.15) is 26.8 Å². The molecule has 3 N–H and O–H groups in total. The second kappa shape index (κ2) is 8.07. The van der Waals surface area contributed by atoms with Crippen LogP contribution < -0.4 is 10.6 Å². The minimum atomic E-state index is 0.371. The third-order valence-corrected chi connectivity index (χ3v) is 4.06. The van der Waals surface area contributed by atoms with Crippen molar-refractivity contribution < 1.29 is 0 Å². The second-order valence-corrected chi connectivity index (χ2v) is 6.38. The number of thioether (sulfide) groups is 1. The molecule has 7 heteroatoms. The number of aromatic nitrogens is 4. The second-order valence-electron chi connectivity index (χ2n) is 4.99. The van der Waals surface area contributed by atoms with Crippen LogP contribution >= 0.6 is 11.8 Å². The van der Waals surface area contributed by atoms with Crippen LogP contribution in [-0.2, 0) is 0 Å². The van der Waals surface area contributed by atoms with E-state index in [1.165, 1.54) is 0 Å². The van der Waals surface area contributed by atoms with E-state index in [1.54, 1.807) is 6.20 Å². The van der Waals surface area contributed by atoms with Crippen molar-refractivity contribution >= 4 is 34.6 Å². The van der Waals surface area contributed by atoms with E-state index in [4.69, 9.17) is 0 Å². The van der Waals surface area contributed by atoms with Crippen molar-refractivity contribution in [2.45, 2.75) is 39.7 Å². The topological polar surface area (TPSA) is 78.5 Å². The summed E-state index contributed by atoms with van der Waals surface area (Å²) in [6, 6.07) is 0.371. The highest BCUT2D eigenvalue weighted by atomic mass is 32.2. The molecule has 0 radical (unpaired) electrons. The summed E-state index contributed by atoms with van der Waals surface area (Å²) in [5.74, 6) is 3.82. The van der Waals surface area contributed by atoms with Crippen molar-refractivity contribution in [3.05, 3.63) is 6.20 Å². The Kier molecular flexibility index (Phi) is 6.10. The van der Waals surface area contributed by atoms with Crippen molar-refractivity contribution in [3.8, 4) is 0 Å². The molecular formula is C14H24N6S. The van der Waals surface area contributed by atoms with E-state index in [2.05, 4.69) is 51.6 Å². The zero-order chi connectivity index (χ0) is 15.1. The molecular weight excluding hydrogens is 284 g/mol. The number of hydrogen-bond donors (Lipinski definition) is 3. The number of H-pyrrole nitrogens is 1. The van der Waals surface area contributed by atoms with Crippen LogP contribution in [-0.4, -0.2) is 44.3 Å². The van der Waals surface area contributed by atoms with Gasteiger partial charge in [0.05, 0.1) is 11.6 Å². The van der Waals surface area contributed by atoms with Gasteiger partial charge in [-0.1, -0.05) is 13.8 Å². The van der Waals surface area contributed by atoms with Gasteiger partial charge in [0.15, 0.2) is 5.65 Å². The number of fused-ring (bicyclic) bond motifs is 1. The van der Waals surface area contributed by atoms with Crippen molar-refractivity contribution in [2.75, 3.05) is 28.7 Å². The Bertz CT molecular complexity index is 555. The van der Waals surface area contributed by atoms with Crippen LogP contribution in [0.25, 0.3) is 11.0 Å². The summed E-state index contributed by atoms with van der Waals surface area (Å²) >= 11 is 1.96. The molecule has 0 saturated heterocycles. The molecule has 0 aliphatic heterocycles. The molecule has 2 heterocycles. The fraction of sp³-hybridized carbons (Fsp3) is 0.643. The van der Waals surface area contributed by atoms with E-state index < -0.39 is 0 Å². The summed E-state index contributed by atoms with van der Waals surface area (Å²) in [5.41, 5.74) is 0.765. The molecule has 0 aliphatic rings. The molecule has 2 aromatic heterocycles. The van der Waals surface area contributed by atoms with Gasteiger partial charge < -0.3 is 10.6 Å². The number of aromatic amines is 1. The minimum Gasteiger partial charge on any atom is -0.367 e. The first-order chi connectivity index (χ1) is 10.2. The number of hydrogen-bond acceptors (Lipinski definition) is 6. The lowest BCUT2D eigenvalue weighted by atomic mass is 10.2. The number of nitrogens with zero attached hydrogens (tertiary/aromatic N) is 3. The highest BCUT2D eigenvalue weighted by molar-refractivity contribution is 7.99. The van der Waals surface area contributed by atoms with Gasteiger partial charge in [-0.25, -0.2) is 0 Å². The highest BCUT2D eigenvalue weighted by Crippen LogP contribution is 2.21. The fourth-order valence-corrected chi connectivity index (χ4v) is 2.78. The number of nitrogens with one attached hydrogen (secondary N) is 3. The average Bonchev–Trinajstić information content (AvgIpc) is 2.94. The van der Waals surface area contributed by atoms with Gasteiger partial charge in [-0.05, 0) is 31.3 Å². The maximum atomic E-state index is 4.58. The molecule has 0 amide bonds. The Labute approximate surface area is 129 Å². The van der Waals surface area contributed by atoms with Crippen LogP contribution in [0.5, 0.6) is 0 Å². The molecule has 116 valence electrons. The van der Waals surface area contributed by atoms with Crippen LogP contribution in [0.15, 0.2) is 6.20 Å². The fourth-order valence-electron chi connectivity index (χ4n) is 1.97. The summed E-state index contributed by atoms with van der Waals surface area (Å²) in [7, 11) is 0. The monoisotopic (exact) mass is 308 g/mol. The highest BCUT2D eigenvalue weighted by Gasteiger charge is 2.11. The SMILES string of the molecule is CCCNc1nc(NC(C)CCSCC)c2cn[nH]c2n1. The maximum absolute atomic E-state index is 4.58. The van der Waals surface area contributed by atoms with Gasteiger partial charge in [0.1, 0.15) is 5.82 Å². The Morgan fingerprint density at radius 2 is 2.19 bits per heavy atom. The third kappa shape index (κ3) is 4.49. The molecule has 6 nitrogen and oxygen atoms in total. The van der Waals surface area contributed by atoms with Gasteiger partial charge in [0.25, 0.3) is 0 Å². The van der Waals surface area contributed by atoms with E-state index in [0.29, 0.717) is 12.0 Å². The van der Waals surface area contributed by atoms with Gasteiger partial charge in [-0.15, -0.1) is 0 Å². The Balaban J connectivity index is 2.10. The largest absolute Gasteiger partial charge is 0.367 e. The molecule has 0 fully saturated rings. The molecule has 0 bridgehead atoms. The van der Waals surface area contributed by atoms with Crippen LogP contribution in [0.1, 0.15) is 33.6 Å². The summed E-state index contributed by atoms with van der Waals surface area (Å²) in [6.07, 6.45) is 3.92. The summed E-state index contributed by atoms with van der Waals surface area (Å²) in [5, 5.41) is 14.6. The number of rotatable bonds is 9. The molecule has 2 rings (SSSR count). The van der Waals surface area contributed by atoms with E-state index in [0.717, 1.165) is 47.7 Å². The molecule has 1 unspecified atom stereocenters. The first kappa shape index (κ1) is 15.9. The van der Waals surface area contributed by atoms with Gasteiger partial charge in [0, 0.05) is 12.6 Å². The molecule has 2 aromatic rings. The third-order valence-electron chi connectivity index (χ3n) is 3.13. The van der Waals surface area contributed by atoms with E-state index in [-0.39, 0.29) is 0 Å². The van der Waals surface area contributed by atoms with E-state index in [9.17, 15) is 0 Å². The average molecular weight is 308 g/mol. The molecule has 1 atom stereocenters. The Hall–Kier alpha value is -1.50. The normalized spacial score (nSPS) is 12.5. The summed E-state index contributed by atoms with van der Waals surface area (Å²) in [4.78, 5) is 9.01. The lowest BCUT2D eigenvalue weighted by Gasteiger charge is -2.15. The standard InChI is InChI=1S/C14H24N6S/c1-4-7-15-14-18-12(11-9-16-20-13(11)19-14)17-10(3)6-8-21-5-2/h9-10H,4-8H2,1-3H3,(H3,15,16,17,18,19,20). The van der Waals surface area contributed by atoms with Crippen LogP contribution in [0, 0.1) is 0 Å². The van der Waals surface area contributed by atoms with Gasteiger partial charge in [-0.3, -0.25) is 5.10 Å². The van der Waals surface area contributed by atoms with Crippen LogP contribution in [0.4, 0.5) is 11.8 Å². The zero-order valence-electron chi connectivity index (χ0n) is 12.9. The lowest BCUT2D eigenvalue weighted by molar-refractivity contribution is 0.767. The van der Waals surface area contributed by atoms with Crippen LogP contribution in [0.2, 0.25) is 0 Å². The molecule has 21 heavy (non-hydrogen) atoms. The molecule has 0 aromatic carbocycles. The van der Waals surface area contributed by atoms with Gasteiger partial charge in [0.2, 0.25) is 5.95 Å². The number of anilines is 2. The molecule has 0 aliphatic carbocycles. The predicted molar refractivity (Wildman–Crippen MR) is 91.2 cm³/mol. The van der Waals surface area contributed by atoms with E-state index >= 15 is 0 Å². The first-order valence-corrected chi connectivity index (χ1v) is 8.69. The summed E-state index contributed by atoms with van der Waals surface area (Å²) < 4.78 is 0. The summed E-state index contributed by atoms with van der Waals surface area (Å²) in [6.45, 7) is 7.35. The Morgan fingerprint density at radius 3 is 2.95 bits per heavy atom. The predicted octanol–water partition coefficient (Wildman–Crippen LogP) is 3.12. The Morgan fingerprint density at radius 1 is 1.33 bits per heavy atom. The van der Waals surface area contributed by atoms with Crippen molar-refractivity contribution in [3.63, 3.8) is 0 Å². The van der Waals surface area contributed by atoms with Gasteiger partial charge >= 0.3 is 0 Å².